The Labute approximate surface area is 155 Å². The highest BCUT2D eigenvalue weighted by Crippen LogP contribution is 2.30. The lowest BCUT2D eigenvalue weighted by atomic mass is 10.0. The monoisotopic (exact) mass is 346 g/mol. The summed E-state index contributed by atoms with van der Waals surface area (Å²) in [7, 11) is 0. The van der Waals surface area contributed by atoms with Crippen molar-refractivity contribution in [2.24, 2.45) is 0 Å². The highest BCUT2D eigenvalue weighted by atomic mass is 16.5. The van der Waals surface area contributed by atoms with Gasteiger partial charge in [0.25, 0.3) is 0 Å². The molecule has 0 radical (unpaired) electrons. The summed E-state index contributed by atoms with van der Waals surface area (Å²) in [4.78, 5) is 7.17. The number of piperidine rings is 1. The Morgan fingerprint density at radius 3 is 2.46 bits per heavy atom. The lowest BCUT2D eigenvalue weighted by Crippen LogP contribution is -2.39. The topological polar surface area (TPSA) is 25.4 Å². The number of fused-ring (bicyclic) bond motifs is 1. The Balaban J connectivity index is 1.43. The number of pyridine rings is 1. The molecule has 3 nitrogen and oxygen atoms in total. The summed E-state index contributed by atoms with van der Waals surface area (Å²) in [5, 5.41) is 1.11. The fourth-order valence-corrected chi connectivity index (χ4v) is 3.87. The molecule has 1 aromatic heterocycles. The van der Waals surface area contributed by atoms with Gasteiger partial charge < -0.3 is 4.74 Å². The van der Waals surface area contributed by atoms with Crippen LogP contribution in [0.5, 0.6) is 5.75 Å². The highest BCUT2D eigenvalue weighted by Gasteiger charge is 2.25. The summed E-state index contributed by atoms with van der Waals surface area (Å²) in [5.41, 5.74) is 3.41. The van der Waals surface area contributed by atoms with Crippen molar-refractivity contribution in [2.45, 2.75) is 38.8 Å². The molecule has 1 unspecified atom stereocenters. The number of nitrogens with zero attached hydrogens (tertiary/aromatic N) is 2. The first kappa shape index (κ1) is 17.0. The Hall–Kier alpha value is -2.39. The molecule has 4 rings (SSSR count). The third-order valence-electron chi connectivity index (χ3n) is 5.41. The molecular weight excluding hydrogens is 320 g/mol. The molecule has 1 atom stereocenters. The van der Waals surface area contributed by atoms with Crippen molar-refractivity contribution in [1.29, 1.82) is 0 Å². The summed E-state index contributed by atoms with van der Waals surface area (Å²) in [6.45, 7) is 6.48. The molecular formula is C23H26N2O. The second kappa shape index (κ2) is 7.46. The van der Waals surface area contributed by atoms with Gasteiger partial charge in [0.1, 0.15) is 11.9 Å². The quantitative estimate of drug-likeness (QED) is 0.653. The van der Waals surface area contributed by atoms with Gasteiger partial charge in [-0.3, -0.25) is 9.88 Å². The fourth-order valence-electron chi connectivity index (χ4n) is 3.87. The average Bonchev–Trinajstić information content (AvgIpc) is 2.68. The predicted molar refractivity (Wildman–Crippen MR) is 107 cm³/mol. The van der Waals surface area contributed by atoms with Gasteiger partial charge in [-0.05, 0) is 44.4 Å². The van der Waals surface area contributed by atoms with Gasteiger partial charge in [-0.1, -0.05) is 42.5 Å². The van der Waals surface area contributed by atoms with Crippen LogP contribution in [-0.4, -0.2) is 29.1 Å². The van der Waals surface area contributed by atoms with Gasteiger partial charge in [0.15, 0.2) is 0 Å². The number of benzene rings is 2. The van der Waals surface area contributed by atoms with Gasteiger partial charge in [-0.15, -0.1) is 0 Å². The van der Waals surface area contributed by atoms with Crippen molar-refractivity contribution in [3.05, 3.63) is 71.9 Å². The molecule has 2 aromatic carbocycles. The molecule has 1 aliphatic rings. The van der Waals surface area contributed by atoms with Crippen molar-refractivity contribution in [3.8, 4) is 5.75 Å². The molecule has 2 heterocycles. The molecule has 1 saturated heterocycles. The van der Waals surface area contributed by atoms with Crippen LogP contribution in [0.1, 0.15) is 37.1 Å². The van der Waals surface area contributed by atoms with Crippen LogP contribution in [0.4, 0.5) is 0 Å². The van der Waals surface area contributed by atoms with Crippen LogP contribution in [0.2, 0.25) is 0 Å². The number of aryl methyl sites for hydroxylation is 1. The summed E-state index contributed by atoms with van der Waals surface area (Å²) in [5.74, 6) is 0.975. The van der Waals surface area contributed by atoms with Gasteiger partial charge in [-0.2, -0.15) is 0 Å². The van der Waals surface area contributed by atoms with Gasteiger partial charge in [-0.25, -0.2) is 0 Å². The number of aromatic nitrogens is 1. The average molecular weight is 346 g/mol. The Morgan fingerprint density at radius 1 is 1.00 bits per heavy atom. The zero-order chi connectivity index (χ0) is 17.9. The summed E-state index contributed by atoms with van der Waals surface area (Å²) in [6.07, 6.45) is 2.40. The third kappa shape index (κ3) is 3.58. The lowest BCUT2D eigenvalue weighted by Gasteiger charge is -2.36. The van der Waals surface area contributed by atoms with Crippen LogP contribution in [0.15, 0.2) is 60.7 Å². The van der Waals surface area contributed by atoms with Crippen molar-refractivity contribution >= 4 is 10.9 Å². The fraction of sp³-hybridized carbons (Fsp3) is 0.348. The molecule has 134 valence electrons. The minimum atomic E-state index is 0.277. The predicted octanol–water partition coefficient (Wildman–Crippen LogP) is 5.15. The van der Waals surface area contributed by atoms with Crippen LogP contribution in [0.25, 0.3) is 10.9 Å². The largest absolute Gasteiger partial charge is 0.490 e. The van der Waals surface area contributed by atoms with E-state index in [1.165, 1.54) is 5.56 Å². The first-order valence-electron chi connectivity index (χ1n) is 9.53. The zero-order valence-corrected chi connectivity index (χ0v) is 15.6. The number of likely N-dealkylation sites (tertiary alicyclic amines) is 1. The van der Waals surface area contributed by atoms with Crippen molar-refractivity contribution < 1.29 is 4.74 Å². The van der Waals surface area contributed by atoms with Crippen LogP contribution in [0.3, 0.4) is 0 Å². The van der Waals surface area contributed by atoms with E-state index in [-0.39, 0.29) is 6.10 Å². The van der Waals surface area contributed by atoms with E-state index >= 15 is 0 Å². The number of ether oxygens (including phenoxy) is 1. The van der Waals surface area contributed by atoms with Gasteiger partial charge in [0.2, 0.25) is 0 Å². The maximum atomic E-state index is 6.42. The van der Waals surface area contributed by atoms with E-state index in [1.807, 2.05) is 13.0 Å². The van der Waals surface area contributed by atoms with Gasteiger partial charge >= 0.3 is 0 Å². The van der Waals surface area contributed by atoms with E-state index < -0.39 is 0 Å². The van der Waals surface area contributed by atoms with E-state index in [2.05, 4.69) is 71.4 Å². The molecule has 0 saturated carbocycles. The minimum absolute atomic E-state index is 0.277. The molecule has 0 spiro atoms. The van der Waals surface area contributed by atoms with E-state index in [4.69, 9.17) is 4.74 Å². The second-order valence-electron chi connectivity index (χ2n) is 7.22. The van der Waals surface area contributed by atoms with Crippen LogP contribution in [-0.2, 0) is 0 Å². The maximum absolute atomic E-state index is 6.42. The second-order valence-corrected chi connectivity index (χ2v) is 7.22. The van der Waals surface area contributed by atoms with Crippen LogP contribution >= 0.6 is 0 Å². The molecule has 1 aliphatic heterocycles. The van der Waals surface area contributed by atoms with Crippen LogP contribution < -0.4 is 4.74 Å². The summed E-state index contributed by atoms with van der Waals surface area (Å²) >= 11 is 0. The van der Waals surface area contributed by atoms with E-state index in [1.54, 1.807) is 0 Å². The molecule has 26 heavy (non-hydrogen) atoms. The normalized spacial score (nSPS) is 17.3. The van der Waals surface area contributed by atoms with Gasteiger partial charge in [0.05, 0.1) is 5.52 Å². The molecule has 3 heteroatoms. The van der Waals surface area contributed by atoms with E-state index in [9.17, 15) is 0 Å². The smallest absolute Gasteiger partial charge is 0.130 e. The number of hydrogen-bond acceptors (Lipinski definition) is 3. The lowest BCUT2D eigenvalue weighted by molar-refractivity contribution is 0.0806. The van der Waals surface area contributed by atoms with Crippen molar-refractivity contribution in [1.82, 2.24) is 9.88 Å². The zero-order valence-electron chi connectivity index (χ0n) is 15.6. The maximum Gasteiger partial charge on any atom is 0.130 e. The molecule has 0 N–H and O–H groups in total. The highest BCUT2D eigenvalue weighted by molar-refractivity contribution is 5.85. The van der Waals surface area contributed by atoms with E-state index in [0.717, 1.165) is 48.3 Å². The number of hydrogen-bond donors (Lipinski definition) is 0. The summed E-state index contributed by atoms with van der Waals surface area (Å²) < 4.78 is 6.42. The first-order chi connectivity index (χ1) is 12.7. The Kier molecular flexibility index (Phi) is 4.89. The number of para-hydroxylation sites is 1. The minimum Gasteiger partial charge on any atom is -0.490 e. The standard InChI is InChI=1S/C23H26N2O/c1-17-16-23(21-10-6-7-11-22(21)24-17)26-20-12-14-25(15-13-20)18(2)19-8-4-3-5-9-19/h3-11,16,18,20H,12-15H2,1-2H3. The molecule has 0 amide bonds. The molecule has 0 aliphatic carbocycles. The van der Waals surface area contributed by atoms with Crippen molar-refractivity contribution in [3.63, 3.8) is 0 Å². The third-order valence-corrected chi connectivity index (χ3v) is 5.41. The SMILES string of the molecule is Cc1cc(OC2CCN(C(C)c3ccccc3)CC2)c2ccccc2n1. The Bertz CT molecular complexity index is 870. The van der Waals surface area contributed by atoms with Crippen LogP contribution in [0, 0.1) is 6.92 Å². The summed E-state index contributed by atoms with van der Waals surface area (Å²) in [6, 6.07) is 21.5. The molecule has 0 bridgehead atoms. The molecule has 1 fully saturated rings. The van der Waals surface area contributed by atoms with Crippen molar-refractivity contribution in [2.75, 3.05) is 13.1 Å². The van der Waals surface area contributed by atoms with Gasteiger partial charge in [0, 0.05) is 36.3 Å². The van der Waals surface area contributed by atoms with E-state index in [0.29, 0.717) is 6.04 Å². The molecule has 3 aromatic rings. The first-order valence-corrected chi connectivity index (χ1v) is 9.53. The number of rotatable bonds is 4. The Morgan fingerprint density at radius 2 is 1.69 bits per heavy atom.